The summed E-state index contributed by atoms with van der Waals surface area (Å²) in [5.41, 5.74) is 10.9. The second kappa shape index (κ2) is 3.52. The largest absolute Gasteiger partial charge is 0.399 e. The second-order valence-electron chi connectivity index (χ2n) is 4.03. The molecule has 0 unspecified atom stereocenters. The minimum Gasteiger partial charge on any atom is -0.399 e. The van der Waals surface area contributed by atoms with Crippen LogP contribution in [0.25, 0.3) is 0 Å². The highest BCUT2D eigenvalue weighted by Crippen LogP contribution is 2.32. The minimum absolute atomic E-state index is 0.902. The summed E-state index contributed by atoms with van der Waals surface area (Å²) in [6.45, 7) is 6.65. The van der Waals surface area contributed by atoms with Crippen molar-refractivity contribution in [2.24, 2.45) is 0 Å². The third-order valence-corrected chi connectivity index (χ3v) is 2.97. The van der Waals surface area contributed by atoms with Crippen molar-refractivity contribution in [3.05, 3.63) is 23.3 Å². The number of nitrogens with zero attached hydrogens (tertiary/aromatic N) is 1. The molecule has 0 aromatic heterocycles. The smallest absolute Gasteiger partial charge is 0.0429 e. The van der Waals surface area contributed by atoms with Crippen LogP contribution in [0.15, 0.2) is 12.1 Å². The van der Waals surface area contributed by atoms with E-state index in [2.05, 4.69) is 30.9 Å². The van der Waals surface area contributed by atoms with Crippen LogP contribution in [-0.4, -0.2) is 13.1 Å². The molecule has 2 heteroatoms. The molecule has 1 aliphatic heterocycles. The van der Waals surface area contributed by atoms with E-state index in [1.807, 2.05) is 0 Å². The Labute approximate surface area is 85.7 Å². The zero-order chi connectivity index (χ0) is 10.1. The van der Waals surface area contributed by atoms with Gasteiger partial charge in [-0.3, -0.25) is 0 Å². The van der Waals surface area contributed by atoms with E-state index < -0.39 is 0 Å². The average Bonchev–Trinajstić information content (AvgIpc) is 2.16. The van der Waals surface area contributed by atoms with Crippen LogP contribution >= 0.6 is 0 Å². The van der Waals surface area contributed by atoms with Crippen LogP contribution in [0.5, 0.6) is 0 Å². The van der Waals surface area contributed by atoms with Crippen LogP contribution in [0.2, 0.25) is 0 Å². The molecule has 1 aromatic carbocycles. The molecule has 14 heavy (non-hydrogen) atoms. The van der Waals surface area contributed by atoms with Gasteiger partial charge >= 0.3 is 0 Å². The number of hydrogen-bond donors (Lipinski definition) is 1. The standard InChI is InChI=1S/C12H18N2/c1-3-14-6-4-5-10-8-11(13)7-9(2)12(10)14/h7-8H,3-6,13H2,1-2H3. The van der Waals surface area contributed by atoms with Crippen molar-refractivity contribution < 1.29 is 0 Å². The van der Waals surface area contributed by atoms with Gasteiger partial charge in [0.15, 0.2) is 0 Å². The first-order valence-corrected chi connectivity index (χ1v) is 5.36. The van der Waals surface area contributed by atoms with Gasteiger partial charge < -0.3 is 10.6 Å². The number of hydrogen-bond acceptors (Lipinski definition) is 2. The molecular weight excluding hydrogens is 172 g/mol. The molecule has 1 aromatic rings. The Morgan fingerprint density at radius 1 is 1.43 bits per heavy atom. The first kappa shape index (κ1) is 9.38. The van der Waals surface area contributed by atoms with E-state index in [-0.39, 0.29) is 0 Å². The fraction of sp³-hybridized carbons (Fsp3) is 0.500. The molecule has 1 heterocycles. The van der Waals surface area contributed by atoms with Gasteiger partial charge in [-0.05, 0) is 49.9 Å². The van der Waals surface area contributed by atoms with E-state index in [1.54, 1.807) is 0 Å². The van der Waals surface area contributed by atoms with Crippen molar-refractivity contribution in [2.75, 3.05) is 23.7 Å². The van der Waals surface area contributed by atoms with Crippen LogP contribution in [-0.2, 0) is 6.42 Å². The molecule has 0 aliphatic carbocycles. The second-order valence-corrected chi connectivity index (χ2v) is 4.03. The van der Waals surface area contributed by atoms with Crippen molar-refractivity contribution in [1.29, 1.82) is 0 Å². The lowest BCUT2D eigenvalue weighted by atomic mass is 9.97. The summed E-state index contributed by atoms with van der Waals surface area (Å²) < 4.78 is 0. The molecule has 0 atom stereocenters. The van der Waals surface area contributed by atoms with E-state index in [4.69, 9.17) is 5.73 Å². The summed E-state index contributed by atoms with van der Waals surface area (Å²) in [5, 5.41) is 0. The normalized spacial score (nSPS) is 15.4. The molecule has 1 aliphatic rings. The van der Waals surface area contributed by atoms with Crippen LogP contribution in [0.3, 0.4) is 0 Å². The molecule has 76 valence electrons. The summed E-state index contributed by atoms with van der Waals surface area (Å²) in [4.78, 5) is 2.45. The van der Waals surface area contributed by atoms with Crippen molar-refractivity contribution in [1.82, 2.24) is 0 Å². The van der Waals surface area contributed by atoms with Crippen molar-refractivity contribution in [3.8, 4) is 0 Å². The zero-order valence-corrected chi connectivity index (χ0v) is 9.01. The van der Waals surface area contributed by atoms with E-state index in [1.165, 1.54) is 36.2 Å². The van der Waals surface area contributed by atoms with Crippen molar-refractivity contribution >= 4 is 11.4 Å². The third-order valence-electron chi connectivity index (χ3n) is 2.97. The number of anilines is 2. The molecule has 0 saturated heterocycles. The van der Waals surface area contributed by atoms with Crippen LogP contribution < -0.4 is 10.6 Å². The van der Waals surface area contributed by atoms with E-state index in [0.717, 1.165) is 12.2 Å². The maximum absolute atomic E-state index is 5.85. The highest BCUT2D eigenvalue weighted by Gasteiger charge is 2.17. The molecule has 2 nitrogen and oxygen atoms in total. The van der Waals surface area contributed by atoms with E-state index in [9.17, 15) is 0 Å². The quantitative estimate of drug-likeness (QED) is 0.689. The van der Waals surface area contributed by atoms with Gasteiger partial charge in [-0.1, -0.05) is 0 Å². The fourth-order valence-corrected chi connectivity index (χ4v) is 2.41. The number of rotatable bonds is 1. The van der Waals surface area contributed by atoms with Gasteiger partial charge in [-0.15, -0.1) is 0 Å². The Hall–Kier alpha value is -1.18. The highest BCUT2D eigenvalue weighted by atomic mass is 15.1. The Morgan fingerprint density at radius 2 is 2.21 bits per heavy atom. The Kier molecular flexibility index (Phi) is 2.36. The Bertz CT molecular complexity index is 344. The van der Waals surface area contributed by atoms with Gasteiger partial charge in [0.25, 0.3) is 0 Å². The molecule has 0 spiro atoms. The molecule has 2 N–H and O–H groups in total. The van der Waals surface area contributed by atoms with Gasteiger partial charge in [0.1, 0.15) is 0 Å². The number of nitrogens with two attached hydrogens (primary N) is 1. The summed E-state index contributed by atoms with van der Waals surface area (Å²) >= 11 is 0. The fourth-order valence-electron chi connectivity index (χ4n) is 2.41. The molecule has 0 amide bonds. The summed E-state index contributed by atoms with van der Waals surface area (Å²) in [5.74, 6) is 0. The molecule has 0 bridgehead atoms. The SMILES string of the molecule is CCN1CCCc2cc(N)cc(C)c21. The predicted molar refractivity (Wildman–Crippen MR) is 61.8 cm³/mol. The number of fused-ring (bicyclic) bond motifs is 1. The number of benzene rings is 1. The van der Waals surface area contributed by atoms with E-state index in [0.29, 0.717) is 0 Å². The number of aryl methyl sites for hydroxylation is 2. The van der Waals surface area contributed by atoms with Gasteiger partial charge in [0.2, 0.25) is 0 Å². The van der Waals surface area contributed by atoms with Crippen molar-refractivity contribution in [3.63, 3.8) is 0 Å². The first-order chi connectivity index (χ1) is 6.72. The Balaban J connectivity index is 2.51. The predicted octanol–water partition coefficient (Wildman–Crippen LogP) is 2.35. The maximum atomic E-state index is 5.85. The summed E-state index contributed by atoms with van der Waals surface area (Å²) in [6.07, 6.45) is 2.43. The monoisotopic (exact) mass is 190 g/mol. The van der Waals surface area contributed by atoms with Gasteiger partial charge in [-0.25, -0.2) is 0 Å². The Morgan fingerprint density at radius 3 is 2.93 bits per heavy atom. The van der Waals surface area contributed by atoms with Gasteiger partial charge in [0, 0.05) is 24.5 Å². The molecule has 0 radical (unpaired) electrons. The van der Waals surface area contributed by atoms with Crippen LogP contribution in [0.4, 0.5) is 11.4 Å². The zero-order valence-electron chi connectivity index (χ0n) is 9.01. The number of nitrogen functional groups attached to an aromatic ring is 1. The lowest BCUT2D eigenvalue weighted by Crippen LogP contribution is -2.29. The van der Waals surface area contributed by atoms with Crippen molar-refractivity contribution in [2.45, 2.75) is 26.7 Å². The molecule has 0 saturated carbocycles. The van der Waals surface area contributed by atoms with Crippen LogP contribution in [0.1, 0.15) is 24.5 Å². The van der Waals surface area contributed by atoms with Gasteiger partial charge in [-0.2, -0.15) is 0 Å². The molecule has 2 rings (SSSR count). The minimum atomic E-state index is 0.902. The lowest BCUT2D eigenvalue weighted by Gasteiger charge is -2.32. The lowest BCUT2D eigenvalue weighted by molar-refractivity contribution is 0.705. The van der Waals surface area contributed by atoms with Gasteiger partial charge in [0.05, 0.1) is 0 Å². The topological polar surface area (TPSA) is 29.3 Å². The average molecular weight is 190 g/mol. The summed E-state index contributed by atoms with van der Waals surface area (Å²) in [7, 11) is 0. The maximum Gasteiger partial charge on any atom is 0.0429 e. The third kappa shape index (κ3) is 1.45. The summed E-state index contributed by atoms with van der Waals surface area (Å²) in [6, 6.07) is 4.21. The molecule has 0 fully saturated rings. The highest BCUT2D eigenvalue weighted by molar-refractivity contribution is 5.66. The molecular formula is C12H18N2. The van der Waals surface area contributed by atoms with Crippen LogP contribution in [0, 0.1) is 6.92 Å². The van der Waals surface area contributed by atoms with E-state index >= 15 is 0 Å². The first-order valence-electron chi connectivity index (χ1n) is 5.36.